The van der Waals surface area contributed by atoms with Gasteiger partial charge in [0.1, 0.15) is 0 Å². The van der Waals surface area contributed by atoms with Crippen molar-refractivity contribution in [1.82, 2.24) is 4.90 Å². The minimum Gasteiger partial charge on any atom is -0.336 e. The normalized spacial score (nSPS) is 17.8. The minimum atomic E-state index is -0.143. The Hall–Kier alpha value is -2.14. The average molecular weight is 328 g/mol. The van der Waals surface area contributed by atoms with Crippen LogP contribution in [0.3, 0.4) is 0 Å². The first-order valence-corrected chi connectivity index (χ1v) is 8.79. The van der Waals surface area contributed by atoms with Crippen LogP contribution in [0.15, 0.2) is 41.8 Å². The van der Waals surface area contributed by atoms with E-state index in [1.807, 2.05) is 34.5 Å². The van der Waals surface area contributed by atoms with Crippen LogP contribution in [0.25, 0.3) is 0 Å². The van der Waals surface area contributed by atoms with Gasteiger partial charge in [-0.05, 0) is 55.8 Å². The van der Waals surface area contributed by atoms with E-state index < -0.39 is 0 Å². The number of nitrogens with one attached hydrogen (secondary N) is 1. The van der Waals surface area contributed by atoms with Crippen LogP contribution in [-0.2, 0) is 0 Å². The summed E-state index contributed by atoms with van der Waals surface area (Å²) in [5.74, 6) is -0.0969. The SMILES string of the molecule is CC1CCCCN1C(=O)c1cccc(NC(=O)c2cccs2)c1. The Bertz CT molecular complexity index is 697. The number of likely N-dealkylation sites (tertiary alicyclic amines) is 1. The lowest BCUT2D eigenvalue weighted by molar-refractivity contribution is 0.0635. The first-order chi connectivity index (χ1) is 11.1. The topological polar surface area (TPSA) is 49.4 Å². The highest BCUT2D eigenvalue weighted by Crippen LogP contribution is 2.21. The summed E-state index contributed by atoms with van der Waals surface area (Å²) in [4.78, 5) is 27.4. The monoisotopic (exact) mass is 328 g/mol. The molecule has 1 saturated heterocycles. The highest BCUT2D eigenvalue weighted by molar-refractivity contribution is 7.12. The molecule has 23 heavy (non-hydrogen) atoms. The second kappa shape index (κ2) is 6.96. The summed E-state index contributed by atoms with van der Waals surface area (Å²) >= 11 is 1.40. The van der Waals surface area contributed by atoms with Gasteiger partial charge >= 0.3 is 0 Å². The van der Waals surface area contributed by atoms with Gasteiger partial charge in [0.05, 0.1) is 4.88 Å². The van der Waals surface area contributed by atoms with E-state index in [0.717, 1.165) is 19.4 Å². The van der Waals surface area contributed by atoms with E-state index in [-0.39, 0.29) is 17.9 Å². The number of hydrogen-bond donors (Lipinski definition) is 1. The van der Waals surface area contributed by atoms with Crippen molar-refractivity contribution in [1.29, 1.82) is 0 Å². The van der Waals surface area contributed by atoms with E-state index in [1.54, 1.807) is 12.1 Å². The molecule has 1 aliphatic heterocycles. The third-order valence-electron chi connectivity index (χ3n) is 4.18. The molecule has 0 saturated carbocycles. The van der Waals surface area contributed by atoms with Crippen LogP contribution in [0.1, 0.15) is 46.2 Å². The van der Waals surface area contributed by atoms with Crippen molar-refractivity contribution >= 4 is 28.8 Å². The standard InChI is InChI=1S/C18H20N2O2S/c1-13-6-2-3-10-20(13)18(22)14-7-4-8-15(12-14)19-17(21)16-9-5-11-23-16/h4-5,7-9,11-13H,2-3,6,10H2,1H3,(H,19,21). The van der Waals surface area contributed by atoms with Crippen LogP contribution in [0, 0.1) is 0 Å². The summed E-state index contributed by atoms with van der Waals surface area (Å²) < 4.78 is 0. The van der Waals surface area contributed by atoms with E-state index in [0.29, 0.717) is 16.1 Å². The van der Waals surface area contributed by atoms with Crippen LogP contribution in [0.5, 0.6) is 0 Å². The fourth-order valence-electron chi connectivity index (χ4n) is 2.90. The van der Waals surface area contributed by atoms with Gasteiger partial charge in [0.15, 0.2) is 0 Å². The number of benzene rings is 1. The Balaban J connectivity index is 1.74. The Labute approximate surface area is 140 Å². The molecule has 120 valence electrons. The van der Waals surface area contributed by atoms with Gasteiger partial charge in [0.2, 0.25) is 0 Å². The number of anilines is 1. The fraction of sp³-hybridized carbons (Fsp3) is 0.333. The van der Waals surface area contributed by atoms with Crippen molar-refractivity contribution in [3.8, 4) is 0 Å². The number of nitrogens with zero attached hydrogens (tertiary/aromatic N) is 1. The molecular weight excluding hydrogens is 308 g/mol. The van der Waals surface area contributed by atoms with E-state index >= 15 is 0 Å². The van der Waals surface area contributed by atoms with Crippen LogP contribution in [0.2, 0.25) is 0 Å². The molecule has 0 bridgehead atoms. The van der Waals surface area contributed by atoms with E-state index in [9.17, 15) is 9.59 Å². The molecule has 1 N–H and O–H groups in total. The van der Waals surface area contributed by atoms with Gasteiger partial charge < -0.3 is 10.2 Å². The number of amides is 2. The van der Waals surface area contributed by atoms with Crippen LogP contribution < -0.4 is 5.32 Å². The molecule has 1 atom stereocenters. The van der Waals surface area contributed by atoms with Crippen molar-refractivity contribution in [3.05, 3.63) is 52.2 Å². The maximum atomic E-state index is 12.7. The smallest absolute Gasteiger partial charge is 0.265 e. The number of hydrogen-bond acceptors (Lipinski definition) is 3. The zero-order valence-electron chi connectivity index (χ0n) is 13.1. The lowest BCUT2D eigenvalue weighted by atomic mass is 10.0. The van der Waals surface area contributed by atoms with Gasteiger partial charge in [-0.2, -0.15) is 0 Å². The molecule has 5 heteroatoms. The molecule has 3 rings (SSSR count). The molecule has 1 fully saturated rings. The van der Waals surface area contributed by atoms with E-state index in [2.05, 4.69) is 12.2 Å². The molecule has 1 aromatic heterocycles. The predicted molar refractivity (Wildman–Crippen MR) is 93.1 cm³/mol. The molecule has 0 aliphatic carbocycles. The second-order valence-electron chi connectivity index (χ2n) is 5.86. The molecule has 2 heterocycles. The van der Waals surface area contributed by atoms with Gasteiger partial charge in [-0.25, -0.2) is 0 Å². The Kier molecular flexibility index (Phi) is 4.76. The molecule has 2 aromatic rings. The third kappa shape index (κ3) is 3.62. The predicted octanol–water partition coefficient (Wildman–Crippen LogP) is 4.02. The Morgan fingerprint density at radius 3 is 2.83 bits per heavy atom. The average Bonchev–Trinajstić information content (AvgIpc) is 3.09. The van der Waals surface area contributed by atoms with E-state index in [1.165, 1.54) is 17.8 Å². The molecule has 4 nitrogen and oxygen atoms in total. The largest absolute Gasteiger partial charge is 0.336 e. The molecular formula is C18H20N2O2S. The number of carbonyl (C=O) groups is 2. The maximum absolute atomic E-state index is 12.7. The number of piperidine rings is 1. The summed E-state index contributed by atoms with van der Waals surface area (Å²) in [6.45, 7) is 2.91. The molecule has 1 unspecified atom stereocenters. The van der Waals surface area contributed by atoms with Gasteiger partial charge in [0, 0.05) is 23.8 Å². The fourth-order valence-corrected chi connectivity index (χ4v) is 3.52. The van der Waals surface area contributed by atoms with Gasteiger partial charge in [-0.15, -0.1) is 11.3 Å². The number of thiophene rings is 1. The summed E-state index contributed by atoms with van der Waals surface area (Å²) in [5.41, 5.74) is 1.28. The molecule has 0 radical (unpaired) electrons. The Morgan fingerprint density at radius 2 is 2.09 bits per heavy atom. The first kappa shape index (κ1) is 15.7. The van der Waals surface area contributed by atoms with Gasteiger partial charge in [-0.3, -0.25) is 9.59 Å². The Morgan fingerprint density at radius 1 is 1.22 bits per heavy atom. The number of carbonyl (C=O) groups excluding carboxylic acids is 2. The number of rotatable bonds is 3. The van der Waals surface area contributed by atoms with Crippen molar-refractivity contribution in [2.24, 2.45) is 0 Å². The summed E-state index contributed by atoms with van der Waals surface area (Å²) in [7, 11) is 0. The minimum absolute atomic E-state index is 0.0458. The lowest BCUT2D eigenvalue weighted by Gasteiger charge is -2.33. The second-order valence-corrected chi connectivity index (χ2v) is 6.80. The van der Waals surface area contributed by atoms with Crippen molar-refractivity contribution in [3.63, 3.8) is 0 Å². The lowest BCUT2D eigenvalue weighted by Crippen LogP contribution is -2.42. The van der Waals surface area contributed by atoms with Crippen molar-refractivity contribution in [2.45, 2.75) is 32.2 Å². The van der Waals surface area contributed by atoms with Crippen LogP contribution >= 0.6 is 11.3 Å². The van der Waals surface area contributed by atoms with Crippen molar-refractivity contribution < 1.29 is 9.59 Å². The zero-order chi connectivity index (χ0) is 16.2. The molecule has 0 spiro atoms. The summed E-state index contributed by atoms with van der Waals surface area (Å²) in [6, 6.07) is 11.1. The molecule has 2 amide bonds. The highest BCUT2D eigenvalue weighted by atomic mass is 32.1. The van der Waals surface area contributed by atoms with Crippen LogP contribution in [0.4, 0.5) is 5.69 Å². The van der Waals surface area contributed by atoms with Gasteiger partial charge in [-0.1, -0.05) is 12.1 Å². The highest BCUT2D eigenvalue weighted by Gasteiger charge is 2.24. The van der Waals surface area contributed by atoms with Crippen LogP contribution in [-0.4, -0.2) is 29.3 Å². The molecule has 1 aromatic carbocycles. The molecule has 1 aliphatic rings. The summed E-state index contributed by atoms with van der Waals surface area (Å²) in [6.07, 6.45) is 3.30. The first-order valence-electron chi connectivity index (χ1n) is 7.91. The maximum Gasteiger partial charge on any atom is 0.265 e. The van der Waals surface area contributed by atoms with Crippen molar-refractivity contribution in [2.75, 3.05) is 11.9 Å². The van der Waals surface area contributed by atoms with E-state index in [4.69, 9.17) is 0 Å². The van der Waals surface area contributed by atoms with Gasteiger partial charge in [0.25, 0.3) is 11.8 Å². The zero-order valence-corrected chi connectivity index (χ0v) is 13.9. The quantitative estimate of drug-likeness (QED) is 0.925. The third-order valence-corrected chi connectivity index (χ3v) is 5.04. The summed E-state index contributed by atoms with van der Waals surface area (Å²) in [5, 5.41) is 4.72.